The summed E-state index contributed by atoms with van der Waals surface area (Å²) in [6.07, 6.45) is 5.17. The lowest BCUT2D eigenvalue weighted by molar-refractivity contribution is 0.304. The number of nitrogens with zero attached hydrogens (tertiary/aromatic N) is 4. The summed E-state index contributed by atoms with van der Waals surface area (Å²) in [4.78, 5) is 0. The summed E-state index contributed by atoms with van der Waals surface area (Å²) < 4.78 is 1.98. The Hall–Kier alpha value is -1.62. The standard InChI is InChI=1S/C14H16ClN5/c15-10-3-4-11(12(16)7-10)14-17-18-19-20(14)13-6-8-1-2-9(13)5-8/h3-4,7-9,13H,1-2,5-6,16H2. The van der Waals surface area contributed by atoms with Crippen molar-refractivity contribution < 1.29 is 0 Å². The summed E-state index contributed by atoms with van der Waals surface area (Å²) in [6.45, 7) is 0. The molecule has 104 valence electrons. The van der Waals surface area contributed by atoms with Crippen LogP contribution in [0, 0.1) is 11.8 Å². The Balaban J connectivity index is 1.75. The van der Waals surface area contributed by atoms with Crippen molar-refractivity contribution in [3.63, 3.8) is 0 Å². The molecule has 2 aliphatic carbocycles. The van der Waals surface area contributed by atoms with Gasteiger partial charge in [0.1, 0.15) is 0 Å². The molecule has 1 aromatic carbocycles. The van der Waals surface area contributed by atoms with Crippen molar-refractivity contribution >= 4 is 17.3 Å². The molecule has 2 bridgehead atoms. The zero-order valence-electron chi connectivity index (χ0n) is 11.0. The highest BCUT2D eigenvalue weighted by molar-refractivity contribution is 6.31. The SMILES string of the molecule is Nc1cc(Cl)ccc1-c1nnnn1C1CC2CCC1C2. The average Bonchev–Trinajstić information content (AvgIpc) is 3.14. The summed E-state index contributed by atoms with van der Waals surface area (Å²) in [7, 11) is 0. The predicted molar refractivity (Wildman–Crippen MR) is 77.2 cm³/mol. The maximum atomic E-state index is 6.06. The molecule has 0 aliphatic heterocycles. The molecule has 2 N–H and O–H groups in total. The van der Waals surface area contributed by atoms with Crippen LogP contribution in [0.15, 0.2) is 18.2 Å². The van der Waals surface area contributed by atoms with E-state index in [1.165, 1.54) is 25.7 Å². The quantitative estimate of drug-likeness (QED) is 0.863. The zero-order chi connectivity index (χ0) is 13.7. The first kappa shape index (κ1) is 12.1. The van der Waals surface area contributed by atoms with Gasteiger partial charge in [0.2, 0.25) is 0 Å². The Labute approximate surface area is 122 Å². The van der Waals surface area contributed by atoms with Gasteiger partial charge >= 0.3 is 0 Å². The Morgan fingerprint density at radius 2 is 2.15 bits per heavy atom. The molecular weight excluding hydrogens is 274 g/mol. The van der Waals surface area contributed by atoms with E-state index >= 15 is 0 Å². The molecule has 4 rings (SSSR count). The number of nitrogen functional groups attached to an aromatic ring is 1. The largest absolute Gasteiger partial charge is 0.398 e. The van der Waals surface area contributed by atoms with Crippen LogP contribution >= 0.6 is 11.6 Å². The van der Waals surface area contributed by atoms with Gasteiger partial charge in [-0.15, -0.1) is 5.10 Å². The van der Waals surface area contributed by atoms with Crippen LogP contribution in [0.5, 0.6) is 0 Å². The third kappa shape index (κ3) is 1.80. The van der Waals surface area contributed by atoms with Crippen molar-refractivity contribution in [2.45, 2.75) is 31.7 Å². The van der Waals surface area contributed by atoms with E-state index in [0.717, 1.165) is 23.2 Å². The smallest absolute Gasteiger partial charge is 0.184 e. The van der Waals surface area contributed by atoms with E-state index in [9.17, 15) is 0 Å². The molecule has 3 atom stereocenters. The van der Waals surface area contributed by atoms with Gasteiger partial charge in [-0.1, -0.05) is 18.0 Å². The van der Waals surface area contributed by atoms with Crippen molar-refractivity contribution in [3.05, 3.63) is 23.2 Å². The second kappa shape index (κ2) is 4.45. The molecule has 1 heterocycles. The maximum Gasteiger partial charge on any atom is 0.184 e. The zero-order valence-corrected chi connectivity index (χ0v) is 11.8. The van der Waals surface area contributed by atoms with E-state index in [-0.39, 0.29) is 0 Å². The summed E-state index contributed by atoms with van der Waals surface area (Å²) in [6, 6.07) is 5.89. The van der Waals surface area contributed by atoms with Crippen LogP contribution in [0.2, 0.25) is 5.02 Å². The highest BCUT2D eigenvalue weighted by atomic mass is 35.5. The number of hydrogen-bond acceptors (Lipinski definition) is 4. The van der Waals surface area contributed by atoms with E-state index in [4.69, 9.17) is 17.3 Å². The van der Waals surface area contributed by atoms with E-state index in [2.05, 4.69) is 15.5 Å². The topological polar surface area (TPSA) is 69.6 Å². The summed E-state index contributed by atoms with van der Waals surface area (Å²) >= 11 is 5.96. The lowest BCUT2D eigenvalue weighted by Crippen LogP contribution is -2.18. The number of hydrogen-bond donors (Lipinski definition) is 1. The first-order valence-electron chi connectivity index (χ1n) is 7.05. The second-order valence-corrected chi connectivity index (χ2v) is 6.36. The van der Waals surface area contributed by atoms with Crippen molar-refractivity contribution in [2.24, 2.45) is 11.8 Å². The second-order valence-electron chi connectivity index (χ2n) is 5.92. The highest BCUT2D eigenvalue weighted by Crippen LogP contribution is 2.51. The van der Waals surface area contributed by atoms with Crippen LogP contribution in [0.25, 0.3) is 11.4 Å². The average molecular weight is 290 g/mol. The number of anilines is 1. The molecule has 0 spiro atoms. The van der Waals surface area contributed by atoms with E-state index < -0.39 is 0 Å². The lowest BCUT2D eigenvalue weighted by Gasteiger charge is -2.22. The van der Waals surface area contributed by atoms with Gasteiger partial charge in [0.15, 0.2) is 5.82 Å². The van der Waals surface area contributed by atoms with Crippen LogP contribution in [-0.4, -0.2) is 20.2 Å². The molecule has 0 radical (unpaired) electrons. The van der Waals surface area contributed by atoms with Gasteiger partial charge < -0.3 is 5.73 Å². The summed E-state index contributed by atoms with van der Waals surface area (Å²) in [5.74, 6) is 2.33. The molecule has 2 fully saturated rings. The molecule has 3 unspecified atom stereocenters. The molecule has 6 heteroatoms. The Morgan fingerprint density at radius 1 is 1.25 bits per heavy atom. The fourth-order valence-corrected chi connectivity index (χ4v) is 4.02. The third-order valence-electron chi connectivity index (χ3n) is 4.76. The summed E-state index contributed by atoms with van der Waals surface area (Å²) in [5, 5.41) is 12.9. The molecule has 0 amide bonds. The minimum Gasteiger partial charge on any atom is -0.398 e. The van der Waals surface area contributed by atoms with Crippen LogP contribution in [0.3, 0.4) is 0 Å². The Morgan fingerprint density at radius 3 is 2.85 bits per heavy atom. The van der Waals surface area contributed by atoms with Crippen LogP contribution in [0.1, 0.15) is 31.7 Å². The van der Waals surface area contributed by atoms with Gasteiger partial charge in [-0.25, -0.2) is 4.68 Å². The molecule has 1 aromatic heterocycles. The number of halogens is 1. The molecule has 20 heavy (non-hydrogen) atoms. The molecule has 5 nitrogen and oxygen atoms in total. The van der Waals surface area contributed by atoms with Crippen LogP contribution in [-0.2, 0) is 0 Å². The fourth-order valence-electron chi connectivity index (χ4n) is 3.84. The van der Waals surface area contributed by atoms with Crippen molar-refractivity contribution in [3.8, 4) is 11.4 Å². The minimum absolute atomic E-state index is 0.425. The first-order chi connectivity index (χ1) is 9.72. The fraction of sp³-hybridized carbons (Fsp3) is 0.500. The number of fused-ring (bicyclic) bond motifs is 2. The van der Waals surface area contributed by atoms with Crippen molar-refractivity contribution in [1.29, 1.82) is 0 Å². The number of aromatic nitrogens is 4. The molecule has 2 aliphatic rings. The van der Waals surface area contributed by atoms with E-state index in [1.807, 2.05) is 16.8 Å². The molecule has 0 saturated heterocycles. The number of tetrazole rings is 1. The number of rotatable bonds is 2. The Kier molecular flexibility index (Phi) is 2.70. The summed E-state index contributed by atoms with van der Waals surface area (Å²) in [5.41, 5.74) is 7.55. The molecule has 2 saturated carbocycles. The molecule has 2 aromatic rings. The van der Waals surface area contributed by atoms with E-state index in [1.54, 1.807) is 6.07 Å². The highest BCUT2D eigenvalue weighted by Gasteiger charge is 2.42. The third-order valence-corrected chi connectivity index (χ3v) is 5.00. The number of nitrogens with two attached hydrogens (primary N) is 1. The van der Waals surface area contributed by atoms with Gasteiger partial charge in [0, 0.05) is 16.3 Å². The number of benzene rings is 1. The van der Waals surface area contributed by atoms with Gasteiger partial charge in [-0.05, 0) is 59.7 Å². The minimum atomic E-state index is 0.425. The van der Waals surface area contributed by atoms with Crippen LogP contribution in [0.4, 0.5) is 5.69 Å². The van der Waals surface area contributed by atoms with Gasteiger partial charge in [-0.2, -0.15) is 0 Å². The maximum absolute atomic E-state index is 6.06. The van der Waals surface area contributed by atoms with Crippen LogP contribution < -0.4 is 5.73 Å². The lowest BCUT2D eigenvalue weighted by atomic mass is 9.95. The van der Waals surface area contributed by atoms with Crippen molar-refractivity contribution in [2.75, 3.05) is 5.73 Å². The Bertz CT molecular complexity index is 653. The van der Waals surface area contributed by atoms with E-state index in [0.29, 0.717) is 16.8 Å². The first-order valence-corrected chi connectivity index (χ1v) is 7.43. The normalized spacial score (nSPS) is 28.1. The molecular formula is C14H16ClN5. The van der Waals surface area contributed by atoms with Gasteiger partial charge in [-0.3, -0.25) is 0 Å². The predicted octanol–water partition coefficient (Wildman–Crippen LogP) is 2.94. The van der Waals surface area contributed by atoms with Gasteiger partial charge in [0.05, 0.1) is 6.04 Å². The monoisotopic (exact) mass is 289 g/mol. The van der Waals surface area contributed by atoms with Gasteiger partial charge in [0.25, 0.3) is 0 Å². The van der Waals surface area contributed by atoms with Crippen molar-refractivity contribution in [1.82, 2.24) is 20.2 Å².